The number of pyridine rings is 1. The van der Waals surface area contributed by atoms with E-state index in [-0.39, 0.29) is 13.2 Å². The molecule has 8 heteroatoms. The maximum atomic E-state index is 12.3. The summed E-state index contributed by atoms with van der Waals surface area (Å²) in [6.07, 6.45) is 28.1. The number of nitrogens with one attached hydrogen (secondary N) is 2. The van der Waals surface area contributed by atoms with Crippen LogP contribution in [0, 0.1) is 0 Å². The Morgan fingerprint density at radius 2 is 1.22 bits per heavy atom. The van der Waals surface area contributed by atoms with E-state index in [4.69, 9.17) is 14.2 Å². The van der Waals surface area contributed by atoms with Crippen LogP contribution < -0.4 is 15.2 Å². The van der Waals surface area contributed by atoms with Crippen molar-refractivity contribution in [1.29, 1.82) is 0 Å². The number of amides is 2. The first-order valence-electron chi connectivity index (χ1n) is 19.0. The molecule has 0 radical (unpaired) electrons. The number of hydrogen-bond acceptors (Lipinski definition) is 5. The van der Waals surface area contributed by atoms with E-state index in [1.807, 2.05) is 0 Å². The van der Waals surface area contributed by atoms with E-state index >= 15 is 0 Å². The van der Waals surface area contributed by atoms with E-state index in [1.54, 1.807) is 0 Å². The molecular formula is C38H68N3O5+. The minimum Gasteiger partial charge on any atom is -0.446 e. The van der Waals surface area contributed by atoms with Gasteiger partial charge in [0.25, 0.3) is 0 Å². The maximum Gasteiger partial charge on any atom is 0.407 e. The molecule has 1 fully saturated rings. The first-order chi connectivity index (χ1) is 22.6. The van der Waals surface area contributed by atoms with Crippen molar-refractivity contribution >= 4 is 12.2 Å². The smallest absolute Gasteiger partial charge is 0.407 e. The Bertz CT molecular complexity index is 906. The lowest BCUT2D eigenvalue weighted by Crippen LogP contribution is -2.43. The number of unbranched alkanes of at least 4 members (excludes halogenated alkanes) is 17. The summed E-state index contributed by atoms with van der Waals surface area (Å²) in [5, 5.41) is 5.70. The molecule has 1 saturated heterocycles. The van der Waals surface area contributed by atoms with Gasteiger partial charge in [-0.25, -0.2) is 14.2 Å². The second-order valence-electron chi connectivity index (χ2n) is 13.2. The molecule has 0 bridgehead atoms. The second kappa shape index (κ2) is 26.7. The lowest BCUT2D eigenvalue weighted by atomic mass is 10.0. The summed E-state index contributed by atoms with van der Waals surface area (Å²) in [6, 6.07) is 6.32. The monoisotopic (exact) mass is 647 g/mol. The quantitative estimate of drug-likeness (QED) is 0.0701. The molecule has 0 spiro atoms. The molecule has 2 heterocycles. The van der Waals surface area contributed by atoms with Crippen molar-refractivity contribution in [3.05, 3.63) is 30.1 Å². The van der Waals surface area contributed by atoms with E-state index in [0.717, 1.165) is 51.5 Å². The Morgan fingerprint density at radius 3 is 1.70 bits per heavy atom. The van der Waals surface area contributed by atoms with Crippen LogP contribution in [0.3, 0.4) is 0 Å². The number of hydrogen-bond donors (Lipinski definition) is 2. The highest BCUT2D eigenvalue weighted by Gasteiger charge is 2.38. The highest BCUT2D eigenvalue weighted by molar-refractivity contribution is 5.67. The molecule has 0 aliphatic carbocycles. The zero-order valence-electron chi connectivity index (χ0n) is 29.6. The summed E-state index contributed by atoms with van der Waals surface area (Å²) >= 11 is 0. The van der Waals surface area contributed by atoms with Gasteiger partial charge in [0.15, 0.2) is 11.9 Å². The summed E-state index contributed by atoms with van der Waals surface area (Å²) in [5.74, 6) is 0. The van der Waals surface area contributed by atoms with Gasteiger partial charge in [0.05, 0.1) is 0 Å². The van der Waals surface area contributed by atoms with Crippen LogP contribution in [0.2, 0.25) is 0 Å². The van der Waals surface area contributed by atoms with Gasteiger partial charge in [0, 0.05) is 38.2 Å². The molecule has 2 rings (SSSR count). The van der Waals surface area contributed by atoms with Crippen LogP contribution in [-0.2, 0) is 27.2 Å². The van der Waals surface area contributed by atoms with Crippen LogP contribution in [0.25, 0.3) is 0 Å². The van der Waals surface area contributed by atoms with Gasteiger partial charge in [-0.1, -0.05) is 116 Å². The van der Waals surface area contributed by atoms with E-state index in [1.165, 1.54) is 95.6 Å². The predicted molar refractivity (Wildman–Crippen MR) is 186 cm³/mol. The fraction of sp³-hybridized carbons (Fsp3) is 0.816. The molecule has 1 aliphatic rings. The van der Waals surface area contributed by atoms with Crippen LogP contribution >= 0.6 is 0 Å². The van der Waals surface area contributed by atoms with Gasteiger partial charge in [-0.3, -0.25) is 0 Å². The molecule has 46 heavy (non-hydrogen) atoms. The number of aromatic nitrogens is 1. The summed E-state index contributed by atoms with van der Waals surface area (Å²) in [7, 11) is 0. The van der Waals surface area contributed by atoms with Crippen molar-refractivity contribution in [1.82, 2.24) is 10.6 Å². The van der Waals surface area contributed by atoms with Crippen LogP contribution in [-0.4, -0.2) is 50.7 Å². The van der Waals surface area contributed by atoms with Crippen molar-refractivity contribution in [3.63, 3.8) is 0 Å². The van der Waals surface area contributed by atoms with E-state index in [0.29, 0.717) is 26.1 Å². The number of aryl methyl sites for hydroxylation is 2. The van der Waals surface area contributed by atoms with Gasteiger partial charge in [-0.05, 0) is 39.0 Å². The minimum atomic E-state index is -0.757. The van der Waals surface area contributed by atoms with Crippen LogP contribution in [0.15, 0.2) is 24.4 Å². The van der Waals surface area contributed by atoms with Crippen LogP contribution in [0.1, 0.15) is 154 Å². The van der Waals surface area contributed by atoms with Gasteiger partial charge < -0.3 is 24.8 Å². The molecule has 1 aromatic heterocycles. The van der Waals surface area contributed by atoms with Gasteiger partial charge in [0.1, 0.15) is 25.4 Å². The number of carbonyl (C=O) groups is 2. The van der Waals surface area contributed by atoms with E-state index in [2.05, 4.69) is 53.4 Å². The zero-order valence-corrected chi connectivity index (χ0v) is 29.6. The Labute approximate surface area is 281 Å². The molecule has 1 atom stereocenters. The molecule has 0 saturated carbocycles. The van der Waals surface area contributed by atoms with Crippen molar-refractivity contribution in [2.24, 2.45) is 0 Å². The number of nitrogens with zero attached hydrogens (tertiary/aromatic N) is 1. The molecule has 2 N–H and O–H groups in total. The molecule has 1 aliphatic heterocycles. The van der Waals surface area contributed by atoms with Gasteiger partial charge in [-0.15, -0.1) is 0 Å². The van der Waals surface area contributed by atoms with Gasteiger partial charge >= 0.3 is 12.2 Å². The largest absolute Gasteiger partial charge is 0.446 e. The molecule has 8 nitrogen and oxygen atoms in total. The SMILES string of the molecule is CCCCCCCCCCCCCCCCCCNC(=O)OCC1(COC(=O)NCCCCCc2cccc[n+]2CC)CCCO1. The highest BCUT2D eigenvalue weighted by Crippen LogP contribution is 2.26. The summed E-state index contributed by atoms with van der Waals surface area (Å²) in [6.45, 7) is 7.35. The third kappa shape index (κ3) is 19.3. The maximum absolute atomic E-state index is 12.3. The van der Waals surface area contributed by atoms with Crippen molar-refractivity contribution in [2.75, 3.05) is 32.9 Å². The van der Waals surface area contributed by atoms with Gasteiger partial charge in [0.2, 0.25) is 0 Å². The number of carbonyl (C=O) groups excluding carboxylic acids is 2. The van der Waals surface area contributed by atoms with Gasteiger partial charge in [-0.2, -0.15) is 0 Å². The fourth-order valence-corrected chi connectivity index (χ4v) is 6.23. The molecule has 1 aromatic rings. The highest BCUT2D eigenvalue weighted by atomic mass is 16.6. The van der Waals surface area contributed by atoms with E-state index in [9.17, 15) is 9.59 Å². The lowest BCUT2D eigenvalue weighted by Gasteiger charge is -2.27. The zero-order chi connectivity index (χ0) is 33.0. The first-order valence-corrected chi connectivity index (χ1v) is 19.0. The summed E-state index contributed by atoms with van der Waals surface area (Å²) in [4.78, 5) is 24.6. The number of alkyl carbamates (subject to hydrolysis) is 2. The summed E-state index contributed by atoms with van der Waals surface area (Å²) in [5.41, 5.74) is 0.586. The lowest BCUT2D eigenvalue weighted by molar-refractivity contribution is -0.700. The average molecular weight is 647 g/mol. The third-order valence-corrected chi connectivity index (χ3v) is 9.17. The molecule has 1 unspecified atom stereocenters. The summed E-state index contributed by atoms with van der Waals surface area (Å²) < 4.78 is 19.1. The second-order valence-corrected chi connectivity index (χ2v) is 13.2. The Morgan fingerprint density at radius 1 is 0.717 bits per heavy atom. The molecule has 0 aromatic carbocycles. The molecule has 2 amide bonds. The minimum absolute atomic E-state index is 0.0796. The molecule has 264 valence electrons. The Balaban J connectivity index is 1.41. The number of ether oxygens (including phenoxy) is 3. The topological polar surface area (TPSA) is 89.8 Å². The predicted octanol–water partition coefficient (Wildman–Crippen LogP) is 8.97. The van der Waals surface area contributed by atoms with Crippen LogP contribution in [0.5, 0.6) is 0 Å². The Hall–Kier alpha value is -2.35. The fourth-order valence-electron chi connectivity index (χ4n) is 6.23. The van der Waals surface area contributed by atoms with Crippen molar-refractivity contribution < 1.29 is 28.4 Å². The van der Waals surface area contributed by atoms with Crippen molar-refractivity contribution in [3.8, 4) is 0 Å². The van der Waals surface area contributed by atoms with E-state index < -0.39 is 17.8 Å². The standard InChI is InChI=1S/C38H67N3O5/c1-3-5-6-7-8-9-10-11-12-13-14-15-16-17-18-22-29-39-36(42)44-33-38(28-25-32-46-38)34-45-37(43)40-30-23-19-20-26-35-27-21-24-31-41(35)4-2/h21,24,27,31H,3-20,22-23,25-26,28-30,32-34H2,1-2H3,(H-,39,40,42,43)/p+1. The molecular weight excluding hydrogens is 578 g/mol. The Kier molecular flexibility index (Phi) is 23.1. The normalized spacial score (nSPS) is 16.0. The van der Waals surface area contributed by atoms with Crippen molar-refractivity contribution in [2.45, 2.75) is 167 Å². The average Bonchev–Trinajstić information content (AvgIpc) is 3.55. The first kappa shape index (κ1) is 39.8. The van der Waals surface area contributed by atoms with Crippen LogP contribution in [0.4, 0.5) is 9.59 Å². The third-order valence-electron chi connectivity index (χ3n) is 9.17. The number of rotatable bonds is 28.